The van der Waals surface area contributed by atoms with Gasteiger partial charge in [0, 0.05) is 62.7 Å². The number of benzene rings is 6. The van der Waals surface area contributed by atoms with Crippen molar-refractivity contribution in [2.75, 3.05) is 0 Å². The summed E-state index contributed by atoms with van der Waals surface area (Å²) in [5, 5.41) is 8.03. The minimum atomic E-state index is 0.742. The molecule has 50 heavy (non-hydrogen) atoms. The van der Waals surface area contributed by atoms with Gasteiger partial charge in [0.15, 0.2) is 0 Å². The van der Waals surface area contributed by atoms with Gasteiger partial charge in [-0.1, -0.05) is 66.7 Å². The Morgan fingerprint density at radius 1 is 0.420 bits per heavy atom. The van der Waals surface area contributed by atoms with Gasteiger partial charge in [0.2, 0.25) is 0 Å². The molecular weight excluding hydrogens is 615 g/mol. The molecule has 6 nitrogen and oxygen atoms in total. The molecule has 0 amide bonds. The normalized spacial score (nSPS) is 12.0. The number of imidazole rings is 1. The first-order valence-corrected chi connectivity index (χ1v) is 16.7. The highest BCUT2D eigenvalue weighted by atomic mass is 16.5. The molecule has 0 atom stereocenters. The molecule has 11 rings (SSSR count). The van der Waals surface area contributed by atoms with Gasteiger partial charge < -0.3 is 9.30 Å². The predicted molar refractivity (Wildman–Crippen MR) is 203 cm³/mol. The summed E-state index contributed by atoms with van der Waals surface area (Å²) in [5.41, 5.74) is 8.50. The SMILES string of the molecule is c1ccc(-n2c3ccccc3c3c2ccc2c4cccnc4n(-c4cccc(Oc5ccc6c7ccccc7n7ccnc7c6c5)c4)c23)cc1. The number of para-hydroxylation sites is 3. The third-order valence-corrected chi connectivity index (χ3v) is 9.98. The van der Waals surface area contributed by atoms with Gasteiger partial charge in [-0.05, 0) is 78.2 Å². The molecular formula is C44H27N5O. The summed E-state index contributed by atoms with van der Waals surface area (Å²) in [6.45, 7) is 0. The molecule has 0 bridgehead atoms. The topological polar surface area (TPSA) is 49.3 Å². The maximum absolute atomic E-state index is 6.63. The van der Waals surface area contributed by atoms with Crippen molar-refractivity contribution in [2.24, 2.45) is 0 Å². The lowest BCUT2D eigenvalue weighted by Crippen LogP contribution is -1.97. The van der Waals surface area contributed by atoms with Gasteiger partial charge in [0.25, 0.3) is 0 Å². The molecule has 0 N–H and O–H groups in total. The summed E-state index contributed by atoms with van der Waals surface area (Å²) in [6, 6.07) is 51.0. The van der Waals surface area contributed by atoms with Gasteiger partial charge in [-0.25, -0.2) is 9.97 Å². The molecule has 0 unspecified atom stereocenters. The van der Waals surface area contributed by atoms with Gasteiger partial charge in [0.05, 0.1) is 27.8 Å². The third kappa shape index (κ3) is 3.78. The maximum atomic E-state index is 6.63. The lowest BCUT2D eigenvalue weighted by Gasteiger charge is -2.13. The molecule has 6 aromatic carbocycles. The van der Waals surface area contributed by atoms with Gasteiger partial charge in [-0.15, -0.1) is 0 Å². The standard InChI is InChI=1S/C44H27N5O/c1-2-10-28(11-3-1)48-39-18-7-5-15-36(39)41-40(48)22-21-34-35-16-9-23-45-44(35)49(42(34)41)29-12-8-13-30(26-29)50-31-19-20-32-33-14-4-6-17-38(33)47-25-24-46-43(47)37(32)27-31/h1-27H. The Morgan fingerprint density at radius 3 is 2.08 bits per heavy atom. The first-order valence-electron chi connectivity index (χ1n) is 16.7. The minimum Gasteiger partial charge on any atom is -0.457 e. The number of ether oxygens (including phenoxy) is 1. The van der Waals surface area contributed by atoms with E-state index in [1.807, 2.05) is 36.8 Å². The number of pyridine rings is 2. The van der Waals surface area contributed by atoms with Crippen molar-refractivity contribution >= 4 is 71.1 Å². The Morgan fingerprint density at radius 2 is 1.16 bits per heavy atom. The number of hydrogen-bond donors (Lipinski definition) is 0. The molecule has 0 spiro atoms. The summed E-state index contributed by atoms with van der Waals surface area (Å²) >= 11 is 0. The van der Waals surface area contributed by atoms with Crippen molar-refractivity contribution in [2.45, 2.75) is 0 Å². The Kier molecular flexibility index (Phi) is 5.57. The van der Waals surface area contributed by atoms with E-state index < -0.39 is 0 Å². The number of rotatable bonds is 4. The molecule has 6 heteroatoms. The number of fused-ring (bicyclic) bond motifs is 13. The first kappa shape index (κ1) is 27.1. The highest BCUT2D eigenvalue weighted by Crippen LogP contribution is 2.42. The zero-order valence-corrected chi connectivity index (χ0v) is 26.7. The molecule has 234 valence electrons. The Labute approximate surface area is 285 Å². The van der Waals surface area contributed by atoms with Crippen LogP contribution in [0.15, 0.2) is 164 Å². The zero-order valence-electron chi connectivity index (χ0n) is 26.7. The Hall–Kier alpha value is -6.92. The Balaban J connectivity index is 1.12. The van der Waals surface area contributed by atoms with Crippen LogP contribution in [0, 0.1) is 0 Å². The molecule has 11 aromatic rings. The fraction of sp³-hybridized carbons (Fsp3) is 0. The van der Waals surface area contributed by atoms with Gasteiger partial charge in [0.1, 0.15) is 22.8 Å². The fourth-order valence-corrected chi connectivity index (χ4v) is 7.93. The smallest absolute Gasteiger partial charge is 0.145 e. The third-order valence-electron chi connectivity index (χ3n) is 9.98. The van der Waals surface area contributed by atoms with E-state index in [2.05, 4.69) is 141 Å². The molecule has 0 saturated carbocycles. The lowest BCUT2D eigenvalue weighted by molar-refractivity contribution is 0.483. The van der Waals surface area contributed by atoms with E-state index in [0.29, 0.717) is 0 Å². The highest BCUT2D eigenvalue weighted by molar-refractivity contribution is 6.25. The van der Waals surface area contributed by atoms with Crippen molar-refractivity contribution in [3.8, 4) is 22.9 Å². The van der Waals surface area contributed by atoms with Crippen LogP contribution in [0.5, 0.6) is 11.5 Å². The molecule has 0 radical (unpaired) electrons. The van der Waals surface area contributed by atoms with Crippen molar-refractivity contribution in [3.05, 3.63) is 164 Å². The van der Waals surface area contributed by atoms with E-state index in [1.165, 1.54) is 21.7 Å². The predicted octanol–water partition coefficient (Wildman–Crippen LogP) is 11.0. The van der Waals surface area contributed by atoms with Crippen LogP contribution in [-0.2, 0) is 0 Å². The van der Waals surface area contributed by atoms with Crippen molar-refractivity contribution < 1.29 is 4.74 Å². The summed E-state index contributed by atoms with van der Waals surface area (Å²) in [7, 11) is 0. The summed E-state index contributed by atoms with van der Waals surface area (Å²) in [5.74, 6) is 1.50. The summed E-state index contributed by atoms with van der Waals surface area (Å²) in [6.07, 6.45) is 5.74. The van der Waals surface area contributed by atoms with Gasteiger partial charge in [-0.3, -0.25) is 8.97 Å². The lowest BCUT2D eigenvalue weighted by atomic mass is 10.1. The molecule has 0 fully saturated rings. The van der Waals surface area contributed by atoms with Crippen LogP contribution in [0.2, 0.25) is 0 Å². The maximum Gasteiger partial charge on any atom is 0.145 e. The van der Waals surface area contributed by atoms with Gasteiger partial charge >= 0.3 is 0 Å². The molecule has 0 aliphatic rings. The minimum absolute atomic E-state index is 0.742. The largest absolute Gasteiger partial charge is 0.457 e. The quantitative estimate of drug-likeness (QED) is 0.180. The van der Waals surface area contributed by atoms with E-state index in [0.717, 1.165) is 72.3 Å². The molecule has 0 saturated heterocycles. The molecule has 0 aliphatic heterocycles. The van der Waals surface area contributed by atoms with E-state index in [-0.39, 0.29) is 0 Å². The zero-order chi connectivity index (χ0) is 32.8. The van der Waals surface area contributed by atoms with Crippen molar-refractivity contribution in [1.82, 2.24) is 23.5 Å². The summed E-state index contributed by atoms with van der Waals surface area (Å²) in [4.78, 5) is 9.66. The second kappa shape index (κ2) is 10.3. The van der Waals surface area contributed by atoms with Crippen LogP contribution in [-0.4, -0.2) is 23.5 Å². The van der Waals surface area contributed by atoms with Crippen molar-refractivity contribution in [3.63, 3.8) is 0 Å². The monoisotopic (exact) mass is 641 g/mol. The van der Waals surface area contributed by atoms with Crippen LogP contribution >= 0.6 is 0 Å². The van der Waals surface area contributed by atoms with Crippen LogP contribution in [0.3, 0.4) is 0 Å². The molecule has 5 heterocycles. The summed E-state index contributed by atoms with van der Waals surface area (Å²) < 4.78 is 13.4. The highest BCUT2D eigenvalue weighted by Gasteiger charge is 2.21. The average molecular weight is 642 g/mol. The molecule has 5 aromatic heterocycles. The van der Waals surface area contributed by atoms with E-state index in [9.17, 15) is 0 Å². The van der Waals surface area contributed by atoms with Crippen LogP contribution in [0.1, 0.15) is 0 Å². The van der Waals surface area contributed by atoms with Crippen LogP contribution < -0.4 is 4.74 Å². The Bertz CT molecular complexity index is 3130. The van der Waals surface area contributed by atoms with Crippen LogP contribution in [0.4, 0.5) is 0 Å². The second-order valence-corrected chi connectivity index (χ2v) is 12.7. The fourth-order valence-electron chi connectivity index (χ4n) is 7.93. The molecule has 0 aliphatic carbocycles. The van der Waals surface area contributed by atoms with E-state index in [4.69, 9.17) is 14.7 Å². The van der Waals surface area contributed by atoms with E-state index in [1.54, 1.807) is 0 Å². The van der Waals surface area contributed by atoms with Crippen molar-refractivity contribution in [1.29, 1.82) is 0 Å². The number of hydrogen-bond acceptors (Lipinski definition) is 3. The number of aromatic nitrogens is 5. The first-order chi connectivity index (χ1) is 24.8. The van der Waals surface area contributed by atoms with Crippen LogP contribution in [0.25, 0.3) is 82.4 Å². The van der Waals surface area contributed by atoms with E-state index >= 15 is 0 Å². The average Bonchev–Trinajstić information content (AvgIpc) is 3.89. The van der Waals surface area contributed by atoms with Gasteiger partial charge in [-0.2, -0.15) is 0 Å². The second-order valence-electron chi connectivity index (χ2n) is 12.7. The number of nitrogens with zero attached hydrogens (tertiary/aromatic N) is 5.